The number of nitrogens with zero attached hydrogens (tertiary/aromatic N) is 2. The third-order valence-electron chi connectivity index (χ3n) is 3.96. The van der Waals surface area contributed by atoms with Crippen LogP contribution in [-0.2, 0) is 6.54 Å². The van der Waals surface area contributed by atoms with E-state index in [0.717, 1.165) is 32.6 Å². The number of nitrogens with one attached hydrogen (secondary N) is 2. The highest BCUT2D eigenvalue weighted by Gasteiger charge is 2.27. The van der Waals surface area contributed by atoms with E-state index in [1.165, 1.54) is 6.07 Å². The third kappa shape index (κ3) is 4.79. The second-order valence-electron chi connectivity index (χ2n) is 6.40. The molecule has 7 heteroatoms. The molecule has 1 aromatic heterocycles. The first kappa shape index (κ1) is 16.9. The van der Waals surface area contributed by atoms with Gasteiger partial charge in [-0.25, -0.2) is 4.79 Å². The van der Waals surface area contributed by atoms with Crippen LogP contribution in [0, 0.1) is 5.92 Å². The molecule has 1 unspecified atom stereocenters. The maximum Gasteiger partial charge on any atom is 0.325 e. The molecule has 0 aromatic carbocycles. The molecule has 124 valence electrons. The molecule has 22 heavy (non-hydrogen) atoms. The van der Waals surface area contributed by atoms with E-state index in [1.807, 2.05) is 0 Å². The van der Waals surface area contributed by atoms with Gasteiger partial charge in [0.15, 0.2) is 0 Å². The number of hydrogen-bond donors (Lipinski definition) is 3. The molecule has 0 aliphatic carbocycles. The summed E-state index contributed by atoms with van der Waals surface area (Å²) in [4.78, 5) is 32.2. The van der Waals surface area contributed by atoms with Crippen molar-refractivity contribution in [3.05, 3.63) is 32.6 Å². The van der Waals surface area contributed by atoms with Crippen molar-refractivity contribution in [3.63, 3.8) is 0 Å². The number of rotatable bonds is 6. The topological polar surface area (TPSA) is 92.4 Å². The summed E-state index contributed by atoms with van der Waals surface area (Å²) in [6, 6.07) is 1.75. The van der Waals surface area contributed by atoms with E-state index in [4.69, 9.17) is 0 Å². The normalized spacial score (nSPS) is 20.6. The van der Waals surface area contributed by atoms with Crippen molar-refractivity contribution in [2.45, 2.75) is 32.9 Å². The minimum absolute atomic E-state index is 0.176. The van der Waals surface area contributed by atoms with Crippen LogP contribution in [0.25, 0.3) is 0 Å². The molecule has 0 radical (unpaired) electrons. The van der Waals surface area contributed by atoms with E-state index >= 15 is 0 Å². The summed E-state index contributed by atoms with van der Waals surface area (Å²) in [7, 11) is 0. The quantitative estimate of drug-likeness (QED) is 0.664. The van der Waals surface area contributed by atoms with Gasteiger partial charge in [-0.15, -0.1) is 0 Å². The molecular formula is C15H26N4O3. The van der Waals surface area contributed by atoms with Crippen molar-refractivity contribution in [3.8, 4) is 0 Å². The van der Waals surface area contributed by atoms with Crippen molar-refractivity contribution >= 4 is 0 Å². The highest BCUT2D eigenvalue weighted by molar-refractivity contribution is 4.99. The minimum Gasteiger partial charge on any atom is -0.396 e. The summed E-state index contributed by atoms with van der Waals surface area (Å²) in [6.45, 7) is 8.82. The Morgan fingerprint density at radius 2 is 2.09 bits per heavy atom. The average Bonchev–Trinajstić information content (AvgIpc) is 2.40. The zero-order chi connectivity index (χ0) is 16.1. The molecule has 1 fully saturated rings. The first-order valence-electron chi connectivity index (χ1n) is 7.87. The first-order chi connectivity index (χ1) is 10.5. The maximum atomic E-state index is 11.4. The van der Waals surface area contributed by atoms with Crippen LogP contribution in [-0.4, -0.2) is 63.7 Å². The predicted molar refractivity (Wildman–Crippen MR) is 84.9 cm³/mol. The monoisotopic (exact) mass is 310 g/mol. The largest absolute Gasteiger partial charge is 0.396 e. The fourth-order valence-electron chi connectivity index (χ4n) is 3.08. The average molecular weight is 310 g/mol. The van der Waals surface area contributed by atoms with Gasteiger partial charge in [-0.05, 0) is 12.3 Å². The Bertz CT molecular complexity index is 552. The zero-order valence-corrected chi connectivity index (χ0v) is 13.3. The summed E-state index contributed by atoms with van der Waals surface area (Å²) < 4.78 is 0. The lowest BCUT2D eigenvalue weighted by Crippen LogP contribution is -2.54. The Hall–Kier alpha value is -1.44. The molecule has 1 saturated heterocycles. The van der Waals surface area contributed by atoms with Gasteiger partial charge in [0, 0.05) is 57.1 Å². The molecule has 0 bridgehead atoms. The molecule has 2 rings (SSSR count). The van der Waals surface area contributed by atoms with Gasteiger partial charge in [-0.3, -0.25) is 19.6 Å². The standard InChI is InChI=1S/C15H26N4O3/c1-11(2)8-19-5-4-18(10-13(19)3-6-20)9-12-7-14(21)17-15(22)16-12/h7,11,13,20H,3-6,8-10H2,1-2H3,(H2,16,17,21,22). The number of aliphatic hydroxyl groups excluding tert-OH is 1. The van der Waals surface area contributed by atoms with Crippen molar-refractivity contribution in [2.75, 3.05) is 32.8 Å². The van der Waals surface area contributed by atoms with E-state index < -0.39 is 5.69 Å². The molecule has 1 aromatic rings. The van der Waals surface area contributed by atoms with Gasteiger partial charge in [0.2, 0.25) is 0 Å². The molecule has 2 heterocycles. The number of aromatic amines is 2. The molecule has 0 saturated carbocycles. The number of piperazine rings is 1. The fraction of sp³-hybridized carbons (Fsp3) is 0.733. The SMILES string of the molecule is CC(C)CN1CCN(Cc2cc(=O)[nH]c(=O)[nH]2)CC1CCO. The highest BCUT2D eigenvalue weighted by atomic mass is 16.3. The smallest absolute Gasteiger partial charge is 0.325 e. The van der Waals surface area contributed by atoms with Crippen LogP contribution < -0.4 is 11.2 Å². The zero-order valence-electron chi connectivity index (χ0n) is 13.3. The van der Waals surface area contributed by atoms with Crippen LogP contribution in [0.5, 0.6) is 0 Å². The summed E-state index contributed by atoms with van der Waals surface area (Å²) in [5, 5.41) is 9.28. The molecule has 1 aliphatic rings. The Morgan fingerprint density at radius 1 is 1.32 bits per heavy atom. The van der Waals surface area contributed by atoms with E-state index in [-0.39, 0.29) is 12.2 Å². The third-order valence-corrected chi connectivity index (χ3v) is 3.96. The van der Waals surface area contributed by atoms with Crippen molar-refractivity contribution in [2.24, 2.45) is 5.92 Å². The second kappa shape index (κ2) is 7.71. The summed E-state index contributed by atoms with van der Waals surface area (Å²) in [5.41, 5.74) is -0.203. The van der Waals surface area contributed by atoms with Gasteiger partial charge < -0.3 is 10.1 Å². The Kier molecular flexibility index (Phi) is 5.93. The summed E-state index contributed by atoms with van der Waals surface area (Å²) in [6.07, 6.45) is 0.745. The first-order valence-corrected chi connectivity index (χ1v) is 7.87. The van der Waals surface area contributed by atoms with Gasteiger partial charge >= 0.3 is 5.69 Å². The number of hydrogen-bond acceptors (Lipinski definition) is 5. The molecule has 0 spiro atoms. The molecule has 1 aliphatic heterocycles. The maximum absolute atomic E-state index is 11.4. The highest BCUT2D eigenvalue weighted by Crippen LogP contribution is 2.16. The van der Waals surface area contributed by atoms with E-state index in [0.29, 0.717) is 24.2 Å². The van der Waals surface area contributed by atoms with Gasteiger partial charge in [0.05, 0.1) is 0 Å². The number of aliphatic hydroxyl groups is 1. The lowest BCUT2D eigenvalue weighted by molar-refractivity contribution is 0.0471. The number of H-pyrrole nitrogens is 2. The predicted octanol–water partition coefficient (Wildman–Crippen LogP) is -0.412. The van der Waals surface area contributed by atoms with Crippen LogP contribution in [0.1, 0.15) is 26.0 Å². The van der Waals surface area contributed by atoms with E-state index in [2.05, 4.69) is 33.6 Å². The van der Waals surface area contributed by atoms with Gasteiger partial charge in [0.25, 0.3) is 5.56 Å². The van der Waals surface area contributed by atoms with E-state index in [1.54, 1.807) is 0 Å². The number of aromatic nitrogens is 2. The Morgan fingerprint density at radius 3 is 2.73 bits per heavy atom. The lowest BCUT2D eigenvalue weighted by atomic mass is 10.1. The van der Waals surface area contributed by atoms with Gasteiger partial charge in [-0.2, -0.15) is 0 Å². The fourth-order valence-corrected chi connectivity index (χ4v) is 3.08. The summed E-state index contributed by atoms with van der Waals surface area (Å²) >= 11 is 0. The molecule has 7 nitrogen and oxygen atoms in total. The van der Waals surface area contributed by atoms with Gasteiger partial charge in [0.1, 0.15) is 0 Å². The molecule has 0 amide bonds. The van der Waals surface area contributed by atoms with Gasteiger partial charge in [-0.1, -0.05) is 13.8 Å². The van der Waals surface area contributed by atoms with E-state index in [9.17, 15) is 14.7 Å². The van der Waals surface area contributed by atoms with Crippen molar-refractivity contribution in [1.29, 1.82) is 0 Å². The Labute approximate surface area is 130 Å². The van der Waals surface area contributed by atoms with Crippen molar-refractivity contribution in [1.82, 2.24) is 19.8 Å². The molecule has 1 atom stereocenters. The van der Waals surface area contributed by atoms with Crippen LogP contribution in [0.15, 0.2) is 15.7 Å². The lowest BCUT2D eigenvalue weighted by Gasteiger charge is -2.42. The summed E-state index contributed by atoms with van der Waals surface area (Å²) in [5.74, 6) is 0.594. The van der Waals surface area contributed by atoms with Crippen LogP contribution in [0.4, 0.5) is 0 Å². The molecular weight excluding hydrogens is 284 g/mol. The van der Waals surface area contributed by atoms with Crippen LogP contribution in [0.2, 0.25) is 0 Å². The minimum atomic E-state index is -0.465. The second-order valence-corrected chi connectivity index (χ2v) is 6.40. The Balaban J connectivity index is 2.01. The van der Waals surface area contributed by atoms with Crippen LogP contribution >= 0.6 is 0 Å². The molecule has 3 N–H and O–H groups in total. The van der Waals surface area contributed by atoms with Crippen molar-refractivity contribution < 1.29 is 5.11 Å². The van der Waals surface area contributed by atoms with Crippen LogP contribution in [0.3, 0.4) is 0 Å².